The van der Waals surface area contributed by atoms with Gasteiger partial charge in [-0.3, -0.25) is 0 Å². The van der Waals surface area contributed by atoms with E-state index in [0.717, 1.165) is 0 Å². The maximum atomic E-state index is 8.55. The molecule has 0 bridgehead atoms. The van der Waals surface area contributed by atoms with Crippen molar-refractivity contribution in [3.8, 4) is 0 Å². The predicted octanol–water partition coefficient (Wildman–Crippen LogP) is -3.97. The van der Waals surface area contributed by atoms with Crippen molar-refractivity contribution in [2.45, 2.75) is 0 Å². The Balaban J connectivity index is -0.0000000267. The van der Waals surface area contributed by atoms with Crippen LogP contribution in [0.15, 0.2) is 0 Å². The first kappa shape index (κ1) is 22.5. The summed E-state index contributed by atoms with van der Waals surface area (Å²) >= 11 is 0. The fourth-order valence-corrected chi connectivity index (χ4v) is 0. The van der Waals surface area contributed by atoms with Crippen LogP contribution in [0.25, 0.3) is 0 Å². The van der Waals surface area contributed by atoms with Crippen molar-refractivity contribution in [2.24, 2.45) is 0 Å². The van der Waals surface area contributed by atoms with Crippen molar-refractivity contribution < 1.29 is 19.2 Å². The first-order valence-corrected chi connectivity index (χ1v) is 2.19. The molecular formula is AsGaInO4P. The minimum absolute atomic E-state index is 0. The van der Waals surface area contributed by atoms with Crippen molar-refractivity contribution in [1.29, 1.82) is 0 Å². The van der Waals surface area contributed by atoms with Gasteiger partial charge in [0.15, 0.2) is 0 Å². The molecule has 0 aromatic heterocycles. The van der Waals surface area contributed by atoms with Crippen LogP contribution in [0.5, 0.6) is 0 Å². The molecule has 8 heteroatoms. The minimum Gasteiger partial charge on any atom is -3.00 e. The molecule has 0 N–H and O–H groups in total. The molecule has 0 amide bonds. The van der Waals surface area contributed by atoms with E-state index in [0.29, 0.717) is 0 Å². The third-order valence-corrected chi connectivity index (χ3v) is 0. The largest absolute Gasteiger partial charge is 3.00 e. The van der Waals surface area contributed by atoms with Crippen LogP contribution in [0.2, 0.25) is 0 Å². The van der Waals surface area contributed by atoms with Gasteiger partial charge in [0, 0.05) is 0 Å². The van der Waals surface area contributed by atoms with Crippen molar-refractivity contribution in [3.63, 3.8) is 0 Å². The normalized spacial score (nSPS) is 7.38. The van der Waals surface area contributed by atoms with E-state index in [-0.39, 0.29) is 63.6 Å². The predicted molar refractivity (Wildman–Crippen MR) is 24.9 cm³/mol. The maximum absolute atomic E-state index is 8.55. The van der Waals surface area contributed by atoms with Crippen molar-refractivity contribution in [1.82, 2.24) is 0 Å². The maximum Gasteiger partial charge on any atom is 3.00 e. The summed E-state index contributed by atoms with van der Waals surface area (Å²) in [6.07, 6.45) is 0. The summed E-state index contributed by atoms with van der Waals surface area (Å²) in [7, 11) is -5.39. The van der Waals surface area contributed by atoms with E-state index in [2.05, 4.69) is 0 Å². The van der Waals surface area contributed by atoms with E-state index >= 15 is 0 Å². The minimum atomic E-state index is -5.39. The second kappa shape index (κ2) is 9.17. The summed E-state index contributed by atoms with van der Waals surface area (Å²) in [6.45, 7) is 0. The van der Waals surface area contributed by atoms with Crippen LogP contribution in [-0.4, -0.2) is 63.6 Å². The van der Waals surface area contributed by atoms with Gasteiger partial charge in [0.1, 0.15) is 0 Å². The van der Waals surface area contributed by atoms with E-state index in [1.165, 1.54) is 0 Å². The summed E-state index contributed by atoms with van der Waals surface area (Å²) in [6, 6.07) is 0. The molecule has 0 saturated carbocycles. The van der Waals surface area contributed by atoms with Gasteiger partial charge in [-0.15, -0.1) is 0 Å². The fraction of sp³-hybridized carbons (Fsp3) is 0. The van der Waals surface area contributed by atoms with E-state index in [1.807, 2.05) is 0 Å². The number of hydrogen-bond acceptors (Lipinski definition) is 4. The molecule has 0 fully saturated rings. The zero-order valence-electron chi connectivity index (χ0n) is 3.68. The topological polar surface area (TPSA) is 86.2 Å². The first-order valence-electron chi connectivity index (χ1n) is 0.730. The SMILES string of the molecule is O=P([O-])([O-])[O-].[As-3].[Ga+3].[In+3]. The molecule has 0 spiro atoms. The zero-order chi connectivity index (χ0) is 4.50. The Morgan fingerprint density at radius 2 is 1.12 bits per heavy atom. The summed E-state index contributed by atoms with van der Waals surface area (Å²) in [5.74, 6) is 0. The molecule has 0 unspecified atom stereocenters. The Morgan fingerprint density at radius 3 is 1.12 bits per heavy atom. The van der Waals surface area contributed by atoms with Gasteiger partial charge in [-0.05, 0) is 0 Å². The van der Waals surface area contributed by atoms with Crippen LogP contribution in [0, 0.1) is 0 Å². The smallest absolute Gasteiger partial charge is 3.00 e. The van der Waals surface area contributed by atoms with Gasteiger partial charge < -0.3 is 37.2 Å². The van der Waals surface area contributed by atoms with Gasteiger partial charge in [-0.2, -0.15) is 7.82 Å². The van der Waals surface area contributed by atoms with Gasteiger partial charge >= 0.3 is 45.6 Å². The molecule has 0 aliphatic heterocycles. The molecule has 0 aromatic rings. The Hall–Kier alpha value is 2.17. The van der Waals surface area contributed by atoms with E-state index in [1.54, 1.807) is 0 Å². The molecule has 0 saturated heterocycles. The van der Waals surface area contributed by atoms with Gasteiger partial charge in [-0.1, -0.05) is 0 Å². The van der Waals surface area contributed by atoms with Crippen molar-refractivity contribution >= 4 is 71.4 Å². The quantitative estimate of drug-likeness (QED) is 0.328. The fourth-order valence-electron chi connectivity index (χ4n) is 0. The van der Waals surface area contributed by atoms with Crippen LogP contribution < -0.4 is 14.7 Å². The van der Waals surface area contributed by atoms with E-state index in [4.69, 9.17) is 19.2 Å². The summed E-state index contributed by atoms with van der Waals surface area (Å²) in [5, 5.41) is 0. The molecule has 0 aliphatic carbocycles. The molecule has 0 radical (unpaired) electrons. The second-order valence-electron chi connectivity index (χ2n) is 0.447. The molecule has 40 valence electrons. The average molecular weight is 354 g/mol. The molecule has 4 nitrogen and oxygen atoms in total. The summed E-state index contributed by atoms with van der Waals surface area (Å²) in [5.41, 5.74) is 0. The molecular weight excluding hydrogens is 354 g/mol. The van der Waals surface area contributed by atoms with E-state index < -0.39 is 7.82 Å². The molecule has 8 heavy (non-hydrogen) atoms. The van der Waals surface area contributed by atoms with Crippen LogP contribution in [-0.2, 0) is 4.57 Å². The Bertz CT molecular complexity index is 62.2. The molecule has 0 rings (SSSR count). The third-order valence-electron chi connectivity index (χ3n) is 0. The van der Waals surface area contributed by atoms with Gasteiger partial charge in [0.05, 0.1) is 0 Å². The Labute approximate surface area is 89.8 Å². The molecule has 0 aromatic carbocycles. The third kappa shape index (κ3) is 89.0. The molecule has 0 aliphatic rings. The summed E-state index contributed by atoms with van der Waals surface area (Å²) in [4.78, 5) is 25.6. The van der Waals surface area contributed by atoms with Crippen LogP contribution in [0.1, 0.15) is 0 Å². The second-order valence-corrected chi connectivity index (χ2v) is 1.34. The van der Waals surface area contributed by atoms with Crippen molar-refractivity contribution in [3.05, 3.63) is 0 Å². The van der Waals surface area contributed by atoms with Gasteiger partial charge in [0.25, 0.3) is 0 Å². The van der Waals surface area contributed by atoms with Crippen LogP contribution >= 0.6 is 7.82 Å². The van der Waals surface area contributed by atoms with Gasteiger partial charge in [-0.25, -0.2) is 0 Å². The van der Waals surface area contributed by atoms with Crippen LogP contribution in [0.3, 0.4) is 0 Å². The number of rotatable bonds is 0. The van der Waals surface area contributed by atoms with Crippen LogP contribution in [0.4, 0.5) is 0 Å². The Morgan fingerprint density at radius 1 is 1.12 bits per heavy atom. The summed E-state index contributed by atoms with van der Waals surface area (Å²) < 4.78 is 8.55. The number of phosphoric acid groups is 1. The standard InChI is InChI=1S/As.Ga.In.H3O4P/c;;;1-5(2,3)4/h;;;(H3,1,2,3,4)/q-3;2*+3;/p-3. The molecule has 0 atom stereocenters. The van der Waals surface area contributed by atoms with Gasteiger partial charge in [0.2, 0.25) is 0 Å². The van der Waals surface area contributed by atoms with Crippen molar-refractivity contribution in [2.75, 3.05) is 0 Å². The zero-order valence-corrected chi connectivity index (χ0v) is 12.2. The first-order chi connectivity index (χ1) is 2.00. The Kier molecular flexibility index (Phi) is 25.8. The number of hydrogen-bond donors (Lipinski definition) is 0. The molecule has 0 heterocycles. The average Bonchev–Trinajstić information content (AvgIpc) is 0.722. The van der Waals surface area contributed by atoms with E-state index in [9.17, 15) is 0 Å². The monoisotopic (exact) mass is 354 g/mol.